The van der Waals surface area contributed by atoms with Gasteiger partial charge in [0.1, 0.15) is 0 Å². The zero-order valence-electron chi connectivity index (χ0n) is 13.1. The van der Waals surface area contributed by atoms with Crippen LogP contribution in [0.4, 0.5) is 11.4 Å². The Kier molecular flexibility index (Phi) is 5.20. The predicted octanol–water partition coefficient (Wildman–Crippen LogP) is 2.92. The van der Waals surface area contributed by atoms with Gasteiger partial charge in [-0.25, -0.2) is 4.79 Å². The van der Waals surface area contributed by atoms with Crippen LogP contribution >= 0.6 is 0 Å². The Morgan fingerprint density at radius 2 is 1.75 bits per heavy atom. The summed E-state index contributed by atoms with van der Waals surface area (Å²) in [6.45, 7) is 0.299. The third-order valence-corrected chi connectivity index (χ3v) is 3.38. The number of carboxylic acid groups (broad SMARTS) is 1. The second-order valence-corrected chi connectivity index (χ2v) is 4.84. The second-order valence-electron chi connectivity index (χ2n) is 4.84. The average molecular weight is 332 g/mol. The molecule has 0 unspecified atom stereocenters. The second kappa shape index (κ2) is 7.32. The van der Waals surface area contributed by atoms with Gasteiger partial charge in [-0.1, -0.05) is 12.1 Å². The minimum atomic E-state index is -1.11. The van der Waals surface area contributed by atoms with Crippen molar-refractivity contribution < 1.29 is 24.3 Å². The van der Waals surface area contributed by atoms with Crippen molar-refractivity contribution in [3.05, 3.63) is 57.6 Å². The summed E-state index contributed by atoms with van der Waals surface area (Å²) in [6.07, 6.45) is 0. The number of nitrogens with one attached hydrogen (secondary N) is 1. The van der Waals surface area contributed by atoms with E-state index in [9.17, 15) is 20.0 Å². The lowest BCUT2D eigenvalue weighted by Gasteiger charge is -2.14. The first-order valence-electron chi connectivity index (χ1n) is 6.92. The number of nitrogens with zero attached hydrogens (tertiary/aromatic N) is 1. The van der Waals surface area contributed by atoms with E-state index >= 15 is 0 Å². The monoisotopic (exact) mass is 332 g/mol. The normalized spacial score (nSPS) is 10.1. The number of carboxylic acids is 1. The van der Waals surface area contributed by atoms with Crippen molar-refractivity contribution in [2.75, 3.05) is 19.5 Å². The van der Waals surface area contributed by atoms with E-state index in [1.807, 2.05) is 0 Å². The molecule has 0 atom stereocenters. The number of aromatic carboxylic acids is 1. The van der Waals surface area contributed by atoms with E-state index in [2.05, 4.69) is 5.32 Å². The van der Waals surface area contributed by atoms with Crippen molar-refractivity contribution in [1.29, 1.82) is 0 Å². The molecule has 8 heteroatoms. The van der Waals surface area contributed by atoms with Crippen molar-refractivity contribution in [2.24, 2.45) is 0 Å². The highest BCUT2D eigenvalue weighted by Gasteiger charge is 2.16. The smallest absolute Gasteiger partial charge is 0.337 e. The lowest BCUT2D eigenvalue weighted by Crippen LogP contribution is -2.07. The van der Waals surface area contributed by atoms with E-state index in [1.54, 1.807) is 12.1 Å². The molecular formula is C16H16N2O6. The lowest BCUT2D eigenvalue weighted by atomic mass is 10.1. The SMILES string of the molecule is COc1cc(NCc2ccc([N+](=O)[O-])cc2)c(C(=O)O)cc1OC. The number of anilines is 1. The molecule has 0 heterocycles. The molecule has 2 rings (SSSR count). The summed E-state index contributed by atoms with van der Waals surface area (Å²) >= 11 is 0. The van der Waals surface area contributed by atoms with Gasteiger partial charge in [-0.05, 0) is 5.56 Å². The van der Waals surface area contributed by atoms with Crippen LogP contribution in [0, 0.1) is 10.1 Å². The molecular weight excluding hydrogens is 316 g/mol. The first-order chi connectivity index (χ1) is 11.5. The number of rotatable bonds is 7. The number of benzene rings is 2. The predicted molar refractivity (Wildman–Crippen MR) is 86.9 cm³/mol. The van der Waals surface area contributed by atoms with E-state index in [-0.39, 0.29) is 11.3 Å². The van der Waals surface area contributed by atoms with Crippen LogP contribution in [0.15, 0.2) is 36.4 Å². The van der Waals surface area contributed by atoms with E-state index in [0.717, 1.165) is 5.56 Å². The topological polar surface area (TPSA) is 111 Å². The van der Waals surface area contributed by atoms with E-state index < -0.39 is 10.9 Å². The number of nitro benzene ring substituents is 1. The number of hydrogen-bond donors (Lipinski definition) is 2. The molecule has 0 aromatic heterocycles. The fourth-order valence-electron chi connectivity index (χ4n) is 2.13. The minimum absolute atomic E-state index is 0.00362. The molecule has 2 aromatic rings. The fraction of sp³-hybridized carbons (Fsp3) is 0.188. The van der Waals surface area contributed by atoms with E-state index in [0.29, 0.717) is 23.7 Å². The highest BCUT2D eigenvalue weighted by Crippen LogP contribution is 2.33. The van der Waals surface area contributed by atoms with Gasteiger partial charge in [0, 0.05) is 30.8 Å². The van der Waals surface area contributed by atoms with Crippen molar-refractivity contribution in [3.63, 3.8) is 0 Å². The molecule has 0 saturated heterocycles. The first kappa shape index (κ1) is 17.1. The molecule has 126 valence electrons. The molecule has 0 spiro atoms. The minimum Gasteiger partial charge on any atom is -0.493 e. The number of carbonyl (C=O) groups is 1. The maximum atomic E-state index is 11.4. The summed E-state index contributed by atoms with van der Waals surface area (Å²) in [4.78, 5) is 21.6. The Balaban J connectivity index is 2.24. The van der Waals surface area contributed by atoms with Crippen LogP contribution in [-0.4, -0.2) is 30.2 Å². The Hall–Kier alpha value is -3.29. The molecule has 0 bridgehead atoms. The Morgan fingerprint density at radius 3 is 2.25 bits per heavy atom. The van der Waals surface area contributed by atoms with E-state index in [4.69, 9.17) is 9.47 Å². The summed E-state index contributed by atoms with van der Waals surface area (Å²) in [6, 6.07) is 8.90. The number of nitro groups is 1. The molecule has 8 nitrogen and oxygen atoms in total. The van der Waals surface area contributed by atoms with Gasteiger partial charge in [0.15, 0.2) is 11.5 Å². The van der Waals surface area contributed by atoms with Gasteiger partial charge in [0.2, 0.25) is 0 Å². The standard InChI is InChI=1S/C16H16N2O6/c1-23-14-7-12(16(19)20)13(8-15(14)24-2)17-9-10-3-5-11(6-4-10)18(21)22/h3-8,17H,9H2,1-2H3,(H,19,20). The van der Waals surface area contributed by atoms with Gasteiger partial charge in [-0.3, -0.25) is 10.1 Å². The van der Waals surface area contributed by atoms with Gasteiger partial charge in [0.25, 0.3) is 5.69 Å². The van der Waals surface area contributed by atoms with Crippen LogP contribution in [0.25, 0.3) is 0 Å². The summed E-state index contributed by atoms with van der Waals surface area (Å²) in [5.41, 5.74) is 1.16. The van der Waals surface area contributed by atoms with E-state index in [1.165, 1.54) is 38.5 Å². The molecule has 0 saturated carbocycles. The molecule has 0 radical (unpaired) electrons. The Morgan fingerprint density at radius 1 is 1.17 bits per heavy atom. The van der Waals surface area contributed by atoms with Gasteiger partial charge in [-0.15, -0.1) is 0 Å². The fourth-order valence-corrected chi connectivity index (χ4v) is 2.13. The number of hydrogen-bond acceptors (Lipinski definition) is 6. The highest BCUT2D eigenvalue weighted by atomic mass is 16.6. The van der Waals surface area contributed by atoms with Crippen LogP contribution in [0.2, 0.25) is 0 Å². The summed E-state index contributed by atoms with van der Waals surface area (Å²) in [7, 11) is 2.88. The van der Waals surface area contributed by atoms with Crippen LogP contribution in [0.3, 0.4) is 0 Å². The number of methoxy groups -OCH3 is 2. The highest BCUT2D eigenvalue weighted by molar-refractivity contribution is 5.95. The third kappa shape index (κ3) is 3.72. The zero-order chi connectivity index (χ0) is 17.7. The van der Waals surface area contributed by atoms with Gasteiger partial charge >= 0.3 is 5.97 Å². The Bertz CT molecular complexity index is 758. The Labute approximate surface area is 137 Å². The lowest BCUT2D eigenvalue weighted by molar-refractivity contribution is -0.384. The first-order valence-corrected chi connectivity index (χ1v) is 6.92. The zero-order valence-corrected chi connectivity index (χ0v) is 13.1. The molecule has 0 fully saturated rings. The summed E-state index contributed by atoms with van der Waals surface area (Å²) < 4.78 is 10.3. The molecule has 0 aliphatic carbocycles. The van der Waals surface area contributed by atoms with Crippen molar-refractivity contribution in [3.8, 4) is 11.5 Å². The van der Waals surface area contributed by atoms with Crippen molar-refractivity contribution in [2.45, 2.75) is 6.54 Å². The molecule has 0 amide bonds. The van der Waals surface area contributed by atoms with Crippen LogP contribution in [0.1, 0.15) is 15.9 Å². The largest absolute Gasteiger partial charge is 0.493 e. The molecule has 0 aliphatic heterocycles. The van der Waals surface area contributed by atoms with Gasteiger partial charge < -0.3 is 19.9 Å². The van der Waals surface area contributed by atoms with Crippen molar-refractivity contribution >= 4 is 17.3 Å². The molecule has 2 N–H and O–H groups in total. The maximum absolute atomic E-state index is 11.4. The van der Waals surface area contributed by atoms with Gasteiger partial charge in [-0.2, -0.15) is 0 Å². The average Bonchev–Trinajstić information content (AvgIpc) is 2.59. The maximum Gasteiger partial charge on any atom is 0.337 e. The van der Waals surface area contributed by atoms with Crippen LogP contribution < -0.4 is 14.8 Å². The summed E-state index contributed by atoms with van der Waals surface area (Å²) in [5, 5.41) is 23.0. The third-order valence-electron chi connectivity index (χ3n) is 3.38. The quantitative estimate of drug-likeness (QED) is 0.592. The summed E-state index contributed by atoms with van der Waals surface area (Å²) in [5.74, 6) is -0.397. The molecule has 2 aromatic carbocycles. The van der Waals surface area contributed by atoms with Crippen LogP contribution in [-0.2, 0) is 6.54 Å². The number of ether oxygens (including phenoxy) is 2. The van der Waals surface area contributed by atoms with Crippen molar-refractivity contribution in [1.82, 2.24) is 0 Å². The molecule has 0 aliphatic rings. The van der Waals surface area contributed by atoms with Crippen LogP contribution in [0.5, 0.6) is 11.5 Å². The number of non-ortho nitro benzene ring substituents is 1. The molecule has 24 heavy (non-hydrogen) atoms. The van der Waals surface area contributed by atoms with Gasteiger partial charge in [0.05, 0.1) is 30.4 Å².